The number of hydrogen-bond donors (Lipinski definition) is 2. The first-order valence-electron chi connectivity index (χ1n) is 2.93. The Labute approximate surface area is 68.2 Å². The molecule has 0 radical (unpaired) electrons. The molecule has 0 amide bonds. The van der Waals surface area contributed by atoms with Crippen LogP contribution >= 0.6 is 0 Å². The fourth-order valence-electron chi connectivity index (χ4n) is 0.824. The zero-order valence-electron chi connectivity index (χ0n) is 5.80. The predicted molar refractivity (Wildman–Crippen MR) is 36.8 cm³/mol. The van der Waals surface area contributed by atoms with Gasteiger partial charge in [0.1, 0.15) is 0 Å². The number of carbonyl (C=O) groups is 1. The van der Waals surface area contributed by atoms with Crippen molar-refractivity contribution in [1.82, 2.24) is 0 Å². The van der Waals surface area contributed by atoms with Crippen LogP contribution < -0.4 is 0 Å². The van der Waals surface area contributed by atoms with Gasteiger partial charge in [-0.25, -0.2) is 4.79 Å². The molecule has 2 N–H and O–H groups in total. The normalized spacial score (nSPS) is 28.4. The first-order chi connectivity index (χ1) is 5.40. The predicted octanol–water partition coefficient (Wildman–Crippen LogP) is -0.411. The van der Waals surface area contributed by atoms with Crippen molar-refractivity contribution >= 4 is 16.1 Å². The third-order valence-electron chi connectivity index (χ3n) is 1.48. The summed E-state index contributed by atoms with van der Waals surface area (Å²) < 4.78 is 34.1. The van der Waals surface area contributed by atoms with Gasteiger partial charge in [0.2, 0.25) is 0 Å². The highest BCUT2D eigenvalue weighted by Crippen LogP contribution is 2.28. The molecule has 0 aliphatic carbocycles. The maximum Gasteiger partial charge on any atom is 0.367 e. The van der Waals surface area contributed by atoms with E-state index in [-0.39, 0.29) is 6.42 Å². The third kappa shape index (κ3) is 1.07. The van der Waals surface area contributed by atoms with E-state index < -0.39 is 21.0 Å². The second-order valence-electron chi connectivity index (χ2n) is 2.23. The van der Waals surface area contributed by atoms with E-state index in [2.05, 4.69) is 4.74 Å². The molecule has 12 heavy (non-hydrogen) atoms. The Morgan fingerprint density at radius 1 is 1.58 bits per heavy atom. The Hall–Kier alpha value is -1.08. The van der Waals surface area contributed by atoms with Crippen LogP contribution in [0.1, 0.15) is 6.42 Å². The molecular weight excluding hydrogens is 188 g/mol. The number of ether oxygens (including phenoxy) is 1. The Morgan fingerprint density at radius 3 is 2.33 bits per heavy atom. The summed E-state index contributed by atoms with van der Waals surface area (Å²) in [6.45, 7) is 0. The lowest BCUT2D eigenvalue weighted by molar-refractivity contribution is -0.149. The molecule has 0 aromatic heterocycles. The first-order valence-corrected chi connectivity index (χ1v) is 4.37. The second-order valence-corrected chi connectivity index (χ2v) is 3.84. The van der Waals surface area contributed by atoms with Crippen LogP contribution in [0.25, 0.3) is 0 Å². The van der Waals surface area contributed by atoms with Gasteiger partial charge in [-0.05, 0) is 6.08 Å². The highest BCUT2D eigenvalue weighted by molar-refractivity contribution is 7.87. The van der Waals surface area contributed by atoms with E-state index >= 15 is 0 Å². The Morgan fingerprint density at radius 2 is 2.17 bits per heavy atom. The van der Waals surface area contributed by atoms with E-state index in [1.54, 1.807) is 0 Å². The van der Waals surface area contributed by atoms with Gasteiger partial charge in [0, 0.05) is 6.42 Å². The average molecular weight is 194 g/mol. The summed E-state index contributed by atoms with van der Waals surface area (Å²) in [5.74, 6) is -1.73. The summed E-state index contributed by atoms with van der Waals surface area (Å²) in [6.07, 6.45) is 1.75. The van der Waals surface area contributed by atoms with Crippen LogP contribution in [-0.4, -0.2) is 29.0 Å². The number of carboxylic acids is 1. The van der Waals surface area contributed by atoms with E-state index in [1.807, 2.05) is 0 Å². The van der Waals surface area contributed by atoms with Crippen LogP contribution in [0.3, 0.4) is 0 Å². The average Bonchev–Trinajstić information content (AvgIpc) is 2.31. The SMILES string of the molecule is O=C(O)C1(S(=O)(=O)O)CC=CO1. The molecule has 0 bridgehead atoms. The highest BCUT2D eigenvalue weighted by atomic mass is 32.2. The summed E-state index contributed by atoms with van der Waals surface area (Å²) in [6, 6.07) is 0. The van der Waals surface area contributed by atoms with Crippen molar-refractivity contribution < 1.29 is 27.6 Å². The third-order valence-corrected chi connectivity index (χ3v) is 2.75. The zero-order valence-corrected chi connectivity index (χ0v) is 6.61. The highest BCUT2D eigenvalue weighted by Gasteiger charge is 2.54. The van der Waals surface area contributed by atoms with Crippen LogP contribution in [0.15, 0.2) is 12.3 Å². The lowest BCUT2D eigenvalue weighted by atomic mass is 10.3. The minimum Gasteiger partial charge on any atom is -0.477 e. The monoisotopic (exact) mass is 194 g/mol. The van der Waals surface area contributed by atoms with Crippen molar-refractivity contribution in [3.8, 4) is 0 Å². The van der Waals surface area contributed by atoms with Gasteiger partial charge in [-0.1, -0.05) is 0 Å². The van der Waals surface area contributed by atoms with Crippen molar-refractivity contribution in [1.29, 1.82) is 0 Å². The van der Waals surface area contributed by atoms with Crippen LogP contribution in [0, 0.1) is 0 Å². The first kappa shape index (κ1) is 9.01. The zero-order chi connectivity index (χ0) is 9.41. The molecule has 1 unspecified atom stereocenters. The largest absolute Gasteiger partial charge is 0.477 e. The molecule has 0 saturated heterocycles. The van der Waals surface area contributed by atoms with Crippen LogP contribution in [0.4, 0.5) is 0 Å². The Balaban J connectivity index is 3.15. The van der Waals surface area contributed by atoms with Gasteiger partial charge in [0.15, 0.2) is 0 Å². The molecule has 0 spiro atoms. The molecule has 1 rings (SSSR count). The van der Waals surface area contributed by atoms with E-state index in [0.717, 1.165) is 6.26 Å². The van der Waals surface area contributed by atoms with E-state index in [9.17, 15) is 13.2 Å². The molecule has 0 aromatic rings. The van der Waals surface area contributed by atoms with Crippen LogP contribution in [-0.2, 0) is 19.6 Å². The van der Waals surface area contributed by atoms with Crippen molar-refractivity contribution in [3.05, 3.63) is 12.3 Å². The van der Waals surface area contributed by atoms with E-state index in [1.165, 1.54) is 6.08 Å². The van der Waals surface area contributed by atoms with E-state index in [0.29, 0.717) is 0 Å². The fourth-order valence-corrected chi connectivity index (χ4v) is 1.53. The van der Waals surface area contributed by atoms with Gasteiger partial charge in [-0.3, -0.25) is 4.55 Å². The number of aliphatic carboxylic acids is 1. The maximum atomic E-state index is 10.6. The molecule has 0 fully saturated rings. The van der Waals surface area contributed by atoms with Crippen LogP contribution in [0.2, 0.25) is 0 Å². The van der Waals surface area contributed by atoms with E-state index in [4.69, 9.17) is 9.66 Å². The Bertz CT molecular complexity index is 318. The van der Waals surface area contributed by atoms with Crippen molar-refractivity contribution in [2.75, 3.05) is 0 Å². The fraction of sp³-hybridized carbons (Fsp3) is 0.400. The van der Waals surface area contributed by atoms with Gasteiger partial charge < -0.3 is 9.84 Å². The van der Waals surface area contributed by atoms with Crippen molar-refractivity contribution in [2.24, 2.45) is 0 Å². The number of carboxylic acid groups (broad SMARTS) is 1. The maximum absolute atomic E-state index is 10.6. The van der Waals surface area contributed by atoms with Gasteiger partial charge in [0.25, 0.3) is 0 Å². The summed E-state index contributed by atoms with van der Waals surface area (Å²) in [5, 5.41) is 8.50. The molecule has 6 nitrogen and oxygen atoms in total. The molecule has 68 valence electrons. The molecule has 1 aliphatic heterocycles. The minimum absolute atomic E-state index is 0.388. The molecule has 7 heteroatoms. The molecule has 1 heterocycles. The Kier molecular flexibility index (Phi) is 1.85. The van der Waals surface area contributed by atoms with Gasteiger partial charge in [0.05, 0.1) is 6.26 Å². The molecule has 0 saturated carbocycles. The second kappa shape index (κ2) is 2.46. The van der Waals surface area contributed by atoms with Gasteiger partial charge in [-0.15, -0.1) is 0 Å². The smallest absolute Gasteiger partial charge is 0.367 e. The summed E-state index contributed by atoms with van der Waals surface area (Å²) in [5.41, 5.74) is 0. The summed E-state index contributed by atoms with van der Waals surface area (Å²) >= 11 is 0. The van der Waals surface area contributed by atoms with Crippen LogP contribution in [0.5, 0.6) is 0 Å². The van der Waals surface area contributed by atoms with Crippen molar-refractivity contribution in [3.63, 3.8) is 0 Å². The minimum atomic E-state index is -4.75. The lowest BCUT2D eigenvalue weighted by Crippen LogP contribution is -2.45. The molecule has 1 aliphatic rings. The summed E-state index contributed by atoms with van der Waals surface area (Å²) in [7, 11) is -4.75. The van der Waals surface area contributed by atoms with Gasteiger partial charge in [-0.2, -0.15) is 8.42 Å². The van der Waals surface area contributed by atoms with Crippen molar-refractivity contribution in [2.45, 2.75) is 11.4 Å². The number of hydrogen-bond acceptors (Lipinski definition) is 4. The molecule has 1 atom stereocenters. The number of rotatable bonds is 2. The topological polar surface area (TPSA) is 101 Å². The molecule has 0 aromatic carbocycles. The quantitative estimate of drug-likeness (QED) is 0.579. The standard InChI is InChI=1S/C5H6O6S/c6-4(7)5(12(8,9)10)2-1-3-11-5/h1,3H,2H2,(H,6,7)(H,8,9,10). The van der Waals surface area contributed by atoms with Gasteiger partial charge >= 0.3 is 21.0 Å². The summed E-state index contributed by atoms with van der Waals surface area (Å²) in [4.78, 5) is 7.93. The lowest BCUT2D eigenvalue weighted by Gasteiger charge is -2.19. The molecular formula is C5H6O6S.